The van der Waals surface area contributed by atoms with Gasteiger partial charge in [-0.05, 0) is 31.9 Å². The Labute approximate surface area is 129 Å². The van der Waals surface area contributed by atoms with E-state index in [1.54, 1.807) is 6.20 Å². The molecule has 0 bridgehead atoms. The molecule has 5 heteroatoms. The molecule has 0 amide bonds. The third-order valence-corrected chi connectivity index (χ3v) is 4.30. The van der Waals surface area contributed by atoms with Crippen molar-refractivity contribution in [2.24, 2.45) is 10.9 Å². The van der Waals surface area contributed by atoms with Crippen LogP contribution in [0.25, 0.3) is 0 Å². The number of aliphatic imine (C=N–C) groups is 1. The number of aromatic nitrogens is 1. The highest BCUT2D eigenvalue weighted by molar-refractivity contribution is 6.08. The van der Waals surface area contributed by atoms with Crippen molar-refractivity contribution in [1.82, 2.24) is 4.98 Å². The van der Waals surface area contributed by atoms with E-state index >= 15 is 0 Å². The highest BCUT2D eigenvalue weighted by Gasteiger charge is 2.43. The molecule has 2 atom stereocenters. The predicted molar refractivity (Wildman–Crippen MR) is 81.5 cm³/mol. The Hall–Kier alpha value is -2.30. The normalized spacial score (nSPS) is 24.6. The molecule has 3 rings (SSSR count). The summed E-state index contributed by atoms with van der Waals surface area (Å²) in [6.45, 7) is 1.82. The summed E-state index contributed by atoms with van der Waals surface area (Å²) in [6.07, 6.45) is 3.77. The Morgan fingerprint density at radius 3 is 2.82 bits per heavy atom. The monoisotopic (exact) mass is 298 g/mol. The second-order valence-electron chi connectivity index (χ2n) is 5.62. The second-order valence-corrected chi connectivity index (χ2v) is 5.62. The van der Waals surface area contributed by atoms with Gasteiger partial charge in [0, 0.05) is 35.3 Å². The highest BCUT2D eigenvalue weighted by atomic mass is 16.5. The molecule has 0 saturated heterocycles. The summed E-state index contributed by atoms with van der Waals surface area (Å²) in [5, 5.41) is 0. The van der Waals surface area contributed by atoms with Gasteiger partial charge in [0.15, 0.2) is 5.78 Å². The van der Waals surface area contributed by atoms with Gasteiger partial charge in [0.1, 0.15) is 5.92 Å². The Balaban J connectivity index is 2.17. The lowest BCUT2D eigenvalue weighted by atomic mass is 9.73. The lowest BCUT2D eigenvalue weighted by molar-refractivity contribution is -0.143. The molecule has 0 saturated carbocycles. The summed E-state index contributed by atoms with van der Waals surface area (Å²) in [5.74, 6) is -1.28. The van der Waals surface area contributed by atoms with Crippen LogP contribution in [-0.4, -0.2) is 29.6 Å². The van der Waals surface area contributed by atoms with Gasteiger partial charge < -0.3 is 4.74 Å². The molecule has 0 fully saturated rings. The van der Waals surface area contributed by atoms with Crippen LogP contribution in [0.5, 0.6) is 0 Å². The number of rotatable bonds is 2. The molecule has 22 heavy (non-hydrogen) atoms. The molecule has 2 aliphatic rings. The van der Waals surface area contributed by atoms with Crippen LogP contribution in [0.4, 0.5) is 0 Å². The molecule has 2 heterocycles. The van der Waals surface area contributed by atoms with Gasteiger partial charge in [-0.1, -0.05) is 6.07 Å². The maximum Gasteiger partial charge on any atom is 0.315 e. The number of ether oxygens (including phenoxy) is 1. The predicted octanol–water partition coefficient (Wildman–Crippen LogP) is 2.44. The molecule has 1 aromatic heterocycles. The third kappa shape index (κ3) is 2.36. The first-order valence-corrected chi connectivity index (χ1v) is 7.43. The zero-order chi connectivity index (χ0) is 15.7. The summed E-state index contributed by atoms with van der Waals surface area (Å²) < 4.78 is 4.95. The molecule has 5 nitrogen and oxygen atoms in total. The summed E-state index contributed by atoms with van der Waals surface area (Å²) in [5.41, 5.74) is 2.86. The van der Waals surface area contributed by atoms with Gasteiger partial charge in [0.2, 0.25) is 0 Å². The highest BCUT2D eigenvalue weighted by Crippen LogP contribution is 2.42. The first-order valence-electron chi connectivity index (χ1n) is 7.43. The summed E-state index contributed by atoms with van der Waals surface area (Å²) in [4.78, 5) is 33.7. The molecule has 0 radical (unpaired) electrons. The van der Waals surface area contributed by atoms with E-state index in [0.717, 1.165) is 24.2 Å². The van der Waals surface area contributed by atoms with Gasteiger partial charge in [-0.25, -0.2) is 0 Å². The molecular weight excluding hydrogens is 280 g/mol. The van der Waals surface area contributed by atoms with E-state index in [-0.39, 0.29) is 11.8 Å². The minimum Gasteiger partial charge on any atom is -0.468 e. The third-order valence-electron chi connectivity index (χ3n) is 4.30. The van der Waals surface area contributed by atoms with Crippen LogP contribution >= 0.6 is 0 Å². The number of methoxy groups -OCH3 is 1. The van der Waals surface area contributed by atoms with Crippen LogP contribution < -0.4 is 0 Å². The number of ketones is 1. The lowest BCUT2D eigenvalue weighted by Crippen LogP contribution is -2.37. The number of pyridine rings is 1. The number of nitrogens with zero attached hydrogens (tertiary/aromatic N) is 2. The molecule has 1 aliphatic carbocycles. The van der Waals surface area contributed by atoms with Crippen molar-refractivity contribution in [3.8, 4) is 0 Å². The van der Waals surface area contributed by atoms with Crippen LogP contribution in [0.1, 0.15) is 37.8 Å². The topological polar surface area (TPSA) is 68.6 Å². The Morgan fingerprint density at radius 2 is 2.14 bits per heavy atom. The van der Waals surface area contributed by atoms with E-state index in [2.05, 4.69) is 9.98 Å². The van der Waals surface area contributed by atoms with Gasteiger partial charge in [-0.2, -0.15) is 0 Å². The maximum absolute atomic E-state index is 12.5. The van der Waals surface area contributed by atoms with Gasteiger partial charge in [-0.3, -0.25) is 19.6 Å². The molecule has 0 aromatic carbocycles. The largest absolute Gasteiger partial charge is 0.468 e. The molecule has 1 aromatic rings. The minimum absolute atomic E-state index is 0.0713. The Bertz CT molecular complexity index is 676. The number of carbonyl (C=O) groups excluding carboxylic acids is 2. The maximum atomic E-state index is 12.5. The van der Waals surface area contributed by atoms with E-state index in [9.17, 15) is 9.59 Å². The average molecular weight is 298 g/mol. The number of Topliss-reactive ketones (excluding diaryl/α,β-unsaturated/α-hetero) is 1. The molecule has 1 unspecified atom stereocenters. The summed E-state index contributed by atoms with van der Waals surface area (Å²) in [6, 6.07) is 5.54. The Morgan fingerprint density at radius 1 is 1.32 bits per heavy atom. The van der Waals surface area contributed by atoms with Crippen LogP contribution in [0.15, 0.2) is 40.7 Å². The SMILES string of the molecule is COC(=O)C1C(C)=NC2=C(C(=O)CCC2)[C@H]1c1ccccn1. The standard InChI is InChI=1S/C17H18N2O3/c1-10-14(17(21)22-2)16(11-6-3-4-9-18-11)15-12(19-10)7-5-8-13(15)20/h3-4,6,9,14,16H,5,7-8H2,1-2H3/t14?,16-/m0/s1. The van der Waals surface area contributed by atoms with Crippen LogP contribution in [-0.2, 0) is 14.3 Å². The van der Waals surface area contributed by atoms with Crippen molar-refractivity contribution in [2.75, 3.05) is 7.11 Å². The fourth-order valence-electron chi connectivity index (χ4n) is 3.32. The van der Waals surface area contributed by atoms with Gasteiger partial charge >= 0.3 is 5.97 Å². The van der Waals surface area contributed by atoms with E-state index in [4.69, 9.17) is 4.74 Å². The number of hydrogen-bond donors (Lipinski definition) is 0. The van der Waals surface area contributed by atoms with Crippen molar-refractivity contribution < 1.29 is 14.3 Å². The van der Waals surface area contributed by atoms with Crippen molar-refractivity contribution >= 4 is 17.5 Å². The number of esters is 1. The zero-order valence-electron chi connectivity index (χ0n) is 12.7. The average Bonchev–Trinajstić information content (AvgIpc) is 2.54. The Kier molecular flexibility index (Phi) is 3.88. The fraction of sp³-hybridized carbons (Fsp3) is 0.412. The van der Waals surface area contributed by atoms with Gasteiger partial charge in [0.05, 0.1) is 13.0 Å². The number of allylic oxidation sites excluding steroid dienone is 2. The molecular formula is C17H18N2O3. The van der Waals surface area contributed by atoms with Crippen molar-refractivity contribution in [2.45, 2.75) is 32.1 Å². The first-order chi connectivity index (χ1) is 10.6. The smallest absolute Gasteiger partial charge is 0.315 e. The van der Waals surface area contributed by atoms with Crippen molar-refractivity contribution in [3.63, 3.8) is 0 Å². The van der Waals surface area contributed by atoms with Crippen LogP contribution in [0, 0.1) is 5.92 Å². The van der Waals surface area contributed by atoms with E-state index in [0.29, 0.717) is 17.7 Å². The van der Waals surface area contributed by atoms with E-state index < -0.39 is 11.8 Å². The first kappa shape index (κ1) is 14.6. The van der Waals surface area contributed by atoms with Crippen molar-refractivity contribution in [1.29, 1.82) is 0 Å². The van der Waals surface area contributed by atoms with Crippen LogP contribution in [0.3, 0.4) is 0 Å². The number of hydrogen-bond acceptors (Lipinski definition) is 5. The van der Waals surface area contributed by atoms with Gasteiger partial charge in [0.25, 0.3) is 0 Å². The zero-order valence-corrected chi connectivity index (χ0v) is 12.7. The lowest BCUT2D eigenvalue weighted by Gasteiger charge is -2.33. The molecule has 114 valence electrons. The molecule has 0 spiro atoms. The molecule has 1 aliphatic heterocycles. The molecule has 0 N–H and O–H groups in total. The minimum atomic E-state index is -0.583. The number of carbonyl (C=O) groups is 2. The quantitative estimate of drug-likeness (QED) is 0.786. The second kappa shape index (κ2) is 5.83. The van der Waals surface area contributed by atoms with E-state index in [1.807, 2.05) is 25.1 Å². The fourth-order valence-corrected chi connectivity index (χ4v) is 3.32. The van der Waals surface area contributed by atoms with E-state index in [1.165, 1.54) is 7.11 Å². The van der Waals surface area contributed by atoms with Gasteiger partial charge in [-0.15, -0.1) is 0 Å². The van der Waals surface area contributed by atoms with Crippen molar-refractivity contribution in [3.05, 3.63) is 41.4 Å². The van der Waals surface area contributed by atoms with Crippen LogP contribution in [0.2, 0.25) is 0 Å². The summed E-state index contributed by atoms with van der Waals surface area (Å²) >= 11 is 0. The summed E-state index contributed by atoms with van der Waals surface area (Å²) in [7, 11) is 1.36.